The summed E-state index contributed by atoms with van der Waals surface area (Å²) < 4.78 is 7.19. The molecule has 20 heavy (non-hydrogen) atoms. The monoisotopic (exact) mass is 271 g/mol. The van der Waals surface area contributed by atoms with Gasteiger partial charge in [-0.05, 0) is 19.1 Å². The number of hydrogen-bond donors (Lipinski definition) is 2. The summed E-state index contributed by atoms with van der Waals surface area (Å²) in [5, 5.41) is 5.13. The molecule has 3 aromatic heterocycles. The molecule has 7 heteroatoms. The van der Waals surface area contributed by atoms with Crippen molar-refractivity contribution < 1.29 is 9.21 Å². The van der Waals surface area contributed by atoms with Crippen molar-refractivity contribution in [2.75, 3.05) is 12.4 Å². The van der Waals surface area contributed by atoms with E-state index in [4.69, 9.17) is 4.42 Å². The maximum atomic E-state index is 11.4. The molecule has 3 heterocycles. The van der Waals surface area contributed by atoms with Crippen LogP contribution in [0.3, 0.4) is 0 Å². The topological polar surface area (TPSA) is 84.5 Å². The number of nitrogens with one attached hydrogen (secondary N) is 2. The maximum absolute atomic E-state index is 11.4. The lowest BCUT2D eigenvalue weighted by Gasteiger charge is -2.06. The Morgan fingerprint density at radius 2 is 2.20 bits per heavy atom. The van der Waals surface area contributed by atoms with Crippen LogP contribution < -0.4 is 10.6 Å². The number of carbonyl (C=O) groups is 1. The van der Waals surface area contributed by atoms with E-state index in [9.17, 15) is 4.79 Å². The van der Waals surface area contributed by atoms with Gasteiger partial charge in [0.05, 0.1) is 18.2 Å². The lowest BCUT2D eigenvalue weighted by atomic mass is 10.3. The highest BCUT2D eigenvalue weighted by atomic mass is 16.3. The molecule has 0 saturated carbocycles. The zero-order valence-electron chi connectivity index (χ0n) is 11.0. The quantitative estimate of drug-likeness (QED) is 0.747. The van der Waals surface area contributed by atoms with Crippen LogP contribution in [-0.4, -0.2) is 27.4 Å². The third-order valence-electron chi connectivity index (χ3n) is 2.78. The molecule has 0 atom stereocenters. The highest BCUT2D eigenvalue weighted by Crippen LogP contribution is 2.24. The number of anilines is 1. The highest BCUT2D eigenvalue weighted by molar-refractivity contribution is 5.88. The largest absolute Gasteiger partial charge is 0.463 e. The van der Waals surface area contributed by atoms with E-state index in [1.807, 2.05) is 17.5 Å². The number of amides is 2. The Morgan fingerprint density at radius 1 is 1.35 bits per heavy atom. The molecule has 0 aliphatic rings. The lowest BCUT2D eigenvalue weighted by Crippen LogP contribution is -2.25. The predicted octanol–water partition coefficient (Wildman–Crippen LogP) is 2.05. The molecule has 7 nitrogen and oxygen atoms in total. The molecule has 0 radical (unpaired) electrons. The summed E-state index contributed by atoms with van der Waals surface area (Å²) in [5.74, 6) is 1.02. The number of carbonyl (C=O) groups excluding carboxylic acids is 1. The summed E-state index contributed by atoms with van der Waals surface area (Å²) in [6, 6.07) is 3.25. The highest BCUT2D eigenvalue weighted by Gasteiger charge is 2.14. The van der Waals surface area contributed by atoms with Gasteiger partial charge in [-0.1, -0.05) is 0 Å². The Labute approximate surface area is 114 Å². The number of rotatable bonds is 2. The van der Waals surface area contributed by atoms with Crippen LogP contribution in [0.1, 0.15) is 5.69 Å². The SMILES string of the molecule is CNC(=O)Nc1cn2cc(C)nc2c(-c2ccco2)n1. The first-order valence-corrected chi connectivity index (χ1v) is 6.06. The summed E-state index contributed by atoms with van der Waals surface area (Å²) in [5.41, 5.74) is 2.12. The molecule has 0 aliphatic heterocycles. The molecule has 2 amide bonds. The molecular weight excluding hydrogens is 258 g/mol. The molecule has 3 aromatic rings. The molecule has 0 spiro atoms. The Morgan fingerprint density at radius 3 is 2.90 bits per heavy atom. The van der Waals surface area contributed by atoms with Crippen LogP contribution in [0.25, 0.3) is 17.1 Å². The van der Waals surface area contributed by atoms with E-state index in [1.54, 1.807) is 31.6 Å². The molecule has 0 saturated heterocycles. The zero-order valence-corrected chi connectivity index (χ0v) is 11.0. The van der Waals surface area contributed by atoms with Crippen LogP contribution in [0.4, 0.5) is 10.6 Å². The molecule has 102 valence electrons. The van der Waals surface area contributed by atoms with Gasteiger partial charge in [0, 0.05) is 13.2 Å². The number of urea groups is 1. The van der Waals surface area contributed by atoms with Crippen molar-refractivity contribution in [2.24, 2.45) is 0 Å². The molecule has 0 aliphatic carbocycles. The smallest absolute Gasteiger partial charge is 0.320 e. The summed E-state index contributed by atoms with van der Waals surface area (Å²) in [6.07, 6.45) is 5.14. The number of fused-ring (bicyclic) bond motifs is 1. The van der Waals surface area contributed by atoms with Gasteiger partial charge in [0.1, 0.15) is 0 Å². The number of hydrogen-bond acceptors (Lipinski definition) is 4. The molecular formula is C13H13N5O2. The standard InChI is InChI=1S/C13H13N5O2/c1-8-6-18-7-10(17-13(19)14-2)16-11(12(18)15-8)9-4-3-5-20-9/h3-7H,1-2H3,(H2,14,17,19). The minimum atomic E-state index is -0.334. The van der Waals surface area contributed by atoms with Crippen molar-refractivity contribution in [3.63, 3.8) is 0 Å². The van der Waals surface area contributed by atoms with E-state index in [2.05, 4.69) is 20.6 Å². The second kappa shape index (κ2) is 4.69. The second-order valence-electron chi connectivity index (χ2n) is 4.27. The van der Waals surface area contributed by atoms with Gasteiger partial charge in [0.25, 0.3) is 0 Å². The average Bonchev–Trinajstić information content (AvgIpc) is 3.05. The predicted molar refractivity (Wildman–Crippen MR) is 73.5 cm³/mol. The average molecular weight is 271 g/mol. The second-order valence-corrected chi connectivity index (χ2v) is 4.27. The van der Waals surface area contributed by atoms with Gasteiger partial charge in [0.15, 0.2) is 22.9 Å². The van der Waals surface area contributed by atoms with Crippen LogP contribution in [-0.2, 0) is 0 Å². The van der Waals surface area contributed by atoms with E-state index in [-0.39, 0.29) is 6.03 Å². The van der Waals surface area contributed by atoms with Gasteiger partial charge in [-0.3, -0.25) is 5.32 Å². The molecule has 0 unspecified atom stereocenters. The fourth-order valence-electron chi connectivity index (χ4n) is 1.94. The Balaban J connectivity index is 2.17. The number of aromatic nitrogens is 3. The Bertz CT molecular complexity index is 761. The summed E-state index contributed by atoms with van der Waals surface area (Å²) in [7, 11) is 1.54. The zero-order chi connectivity index (χ0) is 14.1. The minimum absolute atomic E-state index is 0.334. The van der Waals surface area contributed by atoms with Gasteiger partial charge in [-0.2, -0.15) is 0 Å². The van der Waals surface area contributed by atoms with Gasteiger partial charge in [-0.15, -0.1) is 0 Å². The van der Waals surface area contributed by atoms with Gasteiger partial charge in [0.2, 0.25) is 0 Å². The molecule has 0 fully saturated rings. The van der Waals surface area contributed by atoms with Crippen LogP contribution in [0, 0.1) is 6.92 Å². The van der Waals surface area contributed by atoms with Crippen LogP contribution in [0.15, 0.2) is 35.2 Å². The first-order valence-electron chi connectivity index (χ1n) is 6.06. The Hall–Kier alpha value is -2.83. The molecule has 0 aromatic carbocycles. The normalized spacial score (nSPS) is 10.7. The van der Waals surface area contributed by atoms with E-state index in [0.29, 0.717) is 22.9 Å². The number of nitrogens with zero attached hydrogens (tertiary/aromatic N) is 3. The third kappa shape index (κ3) is 2.09. The van der Waals surface area contributed by atoms with E-state index in [0.717, 1.165) is 5.69 Å². The maximum Gasteiger partial charge on any atom is 0.320 e. The summed E-state index contributed by atoms with van der Waals surface area (Å²) in [4.78, 5) is 20.2. The Kier molecular flexibility index (Phi) is 2.86. The number of aryl methyl sites for hydroxylation is 1. The van der Waals surface area contributed by atoms with Crippen LogP contribution >= 0.6 is 0 Å². The van der Waals surface area contributed by atoms with Crippen LogP contribution in [0.5, 0.6) is 0 Å². The van der Waals surface area contributed by atoms with Gasteiger partial charge >= 0.3 is 6.03 Å². The number of imidazole rings is 1. The lowest BCUT2D eigenvalue weighted by molar-refractivity contribution is 0.254. The van der Waals surface area contributed by atoms with Gasteiger partial charge < -0.3 is 14.1 Å². The fraction of sp³-hybridized carbons (Fsp3) is 0.154. The third-order valence-corrected chi connectivity index (χ3v) is 2.78. The first-order chi connectivity index (χ1) is 9.67. The van der Waals surface area contributed by atoms with E-state index >= 15 is 0 Å². The molecule has 3 rings (SSSR count). The van der Waals surface area contributed by atoms with E-state index in [1.165, 1.54) is 0 Å². The minimum Gasteiger partial charge on any atom is -0.463 e. The first kappa shape index (κ1) is 12.2. The summed E-state index contributed by atoms with van der Waals surface area (Å²) >= 11 is 0. The van der Waals surface area contributed by atoms with Crippen molar-refractivity contribution in [3.05, 3.63) is 36.5 Å². The van der Waals surface area contributed by atoms with Crippen molar-refractivity contribution in [1.82, 2.24) is 19.7 Å². The van der Waals surface area contributed by atoms with E-state index < -0.39 is 0 Å². The van der Waals surface area contributed by atoms with Crippen molar-refractivity contribution >= 4 is 17.5 Å². The van der Waals surface area contributed by atoms with Crippen LogP contribution in [0.2, 0.25) is 0 Å². The number of furan rings is 1. The molecule has 0 bridgehead atoms. The van der Waals surface area contributed by atoms with Gasteiger partial charge in [-0.25, -0.2) is 14.8 Å². The van der Waals surface area contributed by atoms with Crippen molar-refractivity contribution in [1.29, 1.82) is 0 Å². The van der Waals surface area contributed by atoms with Crippen molar-refractivity contribution in [2.45, 2.75) is 6.92 Å². The fourth-order valence-corrected chi connectivity index (χ4v) is 1.94. The molecule has 2 N–H and O–H groups in total. The summed E-state index contributed by atoms with van der Waals surface area (Å²) in [6.45, 7) is 1.89. The van der Waals surface area contributed by atoms with Crippen molar-refractivity contribution in [3.8, 4) is 11.5 Å².